The summed E-state index contributed by atoms with van der Waals surface area (Å²) in [5.74, 6) is 0.875. The lowest BCUT2D eigenvalue weighted by Gasteiger charge is -2.30. The van der Waals surface area contributed by atoms with Crippen LogP contribution >= 0.6 is 15.9 Å². The fourth-order valence-electron chi connectivity index (χ4n) is 3.24. The summed E-state index contributed by atoms with van der Waals surface area (Å²) >= 11 is 3.57. The van der Waals surface area contributed by atoms with Crippen LogP contribution in [0, 0.1) is 0 Å². The SMILES string of the molecule is CC(C)(C)OC(=O)N[C@H]1CC[C@H](Oc2cccc3cncc(Br)c23)CC1. The van der Waals surface area contributed by atoms with Crippen LogP contribution in [-0.4, -0.2) is 28.8 Å². The van der Waals surface area contributed by atoms with Crippen LogP contribution in [0.25, 0.3) is 10.8 Å². The Balaban J connectivity index is 1.57. The van der Waals surface area contributed by atoms with Gasteiger partial charge < -0.3 is 14.8 Å². The molecule has 0 spiro atoms. The third kappa shape index (κ3) is 4.87. The first kappa shape index (κ1) is 19.0. The molecule has 0 unspecified atom stereocenters. The van der Waals surface area contributed by atoms with E-state index < -0.39 is 5.60 Å². The summed E-state index contributed by atoms with van der Waals surface area (Å²) in [6, 6.07) is 6.16. The normalized spacial score (nSPS) is 20.6. The molecule has 1 aliphatic rings. The zero-order chi connectivity index (χ0) is 18.7. The highest BCUT2D eigenvalue weighted by Gasteiger charge is 2.26. The van der Waals surface area contributed by atoms with Crippen LogP contribution in [0.4, 0.5) is 4.79 Å². The molecule has 0 atom stereocenters. The number of ether oxygens (including phenoxy) is 2. The minimum absolute atomic E-state index is 0.146. The molecule has 2 aromatic rings. The number of pyridine rings is 1. The standard InChI is InChI=1S/C20H25BrN2O3/c1-20(2,3)26-19(24)23-14-7-9-15(10-8-14)25-17-6-4-5-13-11-22-12-16(21)18(13)17/h4-6,11-12,14-15H,7-10H2,1-3H3,(H,23,24)/t14-,15-. The molecule has 0 aliphatic heterocycles. The van der Waals surface area contributed by atoms with E-state index in [9.17, 15) is 4.79 Å². The Hall–Kier alpha value is -1.82. The molecule has 0 bridgehead atoms. The molecule has 140 valence electrons. The molecule has 0 radical (unpaired) electrons. The van der Waals surface area contributed by atoms with Crippen LogP contribution in [0.2, 0.25) is 0 Å². The van der Waals surface area contributed by atoms with Gasteiger partial charge in [0.1, 0.15) is 11.4 Å². The van der Waals surface area contributed by atoms with Gasteiger partial charge in [0, 0.05) is 33.7 Å². The summed E-state index contributed by atoms with van der Waals surface area (Å²) in [6.45, 7) is 5.61. The molecule has 1 heterocycles. The maximum atomic E-state index is 11.9. The van der Waals surface area contributed by atoms with E-state index in [0.29, 0.717) is 0 Å². The van der Waals surface area contributed by atoms with Gasteiger partial charge in [0.15, 0.2) is 0 Å². The first-order valence-electron chi connectivity index (χ1n) is 9.00. The average molecular weight is 421 g/mol. The number of nitrogens with one attached hydrogen (secondary N) is 1. The number of amides is 1. The van der Waals surface area contributed by atoms with E-state index in [0.717, 1.165) is 46.7 Å². The molecule has 1 aliphatic carbocycles. The number of nitrogens with zero attached hydrogens (tertiary/aromatic N) is 1. The van der Waals surface area contributed by atoms with Crippen molar-refractivity contribution in [1.29, 1.82) is 0 Å². The maximum Gasteiger partial charge on any atom is 0.407 e. The highest BCUT2D eigenvalue weighted by atomic mass is 79.9. The third-order valence-electron chi connectivity index (χ3n) is 4.39. The van der Waals surface area contributed by atoms with Gasteiger partial charge in [-0.3, -0.25) is 4.98 Å². The second-order valence-electron chi connectivity index (χ2n) is 7.71. The number of aromatic nitrogens is 1. The van der Waals surface area contributed by atoms with Crippen LogP contribution in [0.15, 0.2) is 35.1 Å². The summed E-state index contributed by atoms with van der Waals surface area (Å²) < 4.78 is 12.5. The second kappa shape index (κ2) is 7.82. The second-order valence-corrected chi connectivity index (χ2v) is 8.57. The Bertz CT molecular complexity index is 775. The number of carbonyl (C=O) groups is 1. The fourth-order valence-corrected chi connectivity index (χ4v) is 3.78. The predicted molar refractivity (Wildman–Crippen MR) is 105 cm³/mol. The van der Waals surface area contributed by atoms with Crippen LogP contribution < -0.4 is 10.1 Å². The van der Waals surface area contributed by atoms with E-state index in [1.165, 1.54) is 0 Å². The average Bonchev–Trinajstić information content (AvgIpc) is 2.55. The van der Waals surface area contributed by atoms with Crippen molar-refractivity contribution in [3.63, 3.8) is 0 Å². The molecule has 26 heavy (non-hydrogen) atoms. The molecule has 3 rings (SSSR count). The molecule has 5 nitrogen and oxygen atoms in total. The van der Waals surface area contributed by atoms with Gasteiger partial charge in [0.25, 0.3) is 0 Å². The largest absolute Gasteiger partial charge is 0.490 e. The summed E-state index contributed by atoms with van der Waals surface area (Å²) in [7, 11) is 0. The topological polar surface area (TPSA) is 60.5 Å². The Morgan fingerprint density at radius 3 is 2.62 bits per heavy atom. The summed E-state index contributed by atoms with van der Waals surface area (Å²) in [5, 5.41) is 5.07. The van der Waals surface area contributed by atoms with Gasteiger partial charge in [-0.25, -0.2) is 4.79 Å². The smallest absolute Gasteiger partial charge is 0.407 e. The van der Waals surface area contributed by atoms with E-state index in [1.807, 2.05) is 45.2 Å². The van der Waals surface area contributed by atoms with Crippen LogP contribution in [0.1, 0.15) is 46.5 Å². The third-order valence-corrected chi connectivity index (χ3v) is 4.99. The van der Waals surface area contributed by atoms with Crippen LogP contribution in [0.3, 0.4) is 0 Å². The minimum Gasteiger partial charge on any atom is -0.490 e. The maximum absolute atomic E-state index is 11.9. The fraction of sp³-hybridized carbons (Fsp3) is 0.500. The Morgan fingerprint density at radius 1 is 1.19 bits per heavy atom. The lowest BCUT2D eigenvalue weighted by molar-refractivity contribution is 0.0471. The number of alkyl carbamates (subject to hydrolysis) is 1. The van der Waals surface area contributed by atoms with Crippen molar-refractivity contribution < 1.29 is 14.3 Å². The van der Waals surface area contributed by atoms with Crippen molar-refractivity contribution in [2.45, 2.75) is 64.2 Å². The molecule has 1 saturated carbocycles. The zero-order valence-electron chi connectivity index (χ0n) is 15.4. The van der Waals surface area contributed by atoms with E-state index in [-0.39, 0.29) is 18.2 Å². The van der Waals surface area contributed by atoms with Crippen LogP contribution in [-0.2, 0) is 4.74 Å². The quantitative estimate of drug-likeness (QED) is 0.739. The van der Waals surface area contributed by atoms with E-state index in [1.54, 1.807) is 6.20 Å². The van der Waals surface area contributed by atoms with Crippen molar-refractivity contribution in [1.82, 2.24) is 10.3 Å². The van der Waals surface area contributed by atoms with Gasteiger partial charge in [-0.2, -0.15) is 0 Å². The Kier molecular flexibility index (Phi) is 5.70. The lowest BCUT2D eigenvalue weighted by Crippen LogP contribution is -2.42. The number of halogens is 1. The number of hydrogen-bond acceptors (Lipinski definition) is 4. The summed E-state index contributed by atoms with van der Waals surface area (Å²) in [6.07, 6.45) is 7.02. The monoisotopic (exact) mass is 420 g/mol. The van der Waals surface area contributed by atoms with Crippen LogP contribution in [0.5, 0.6) is 5.75 Å². The minimum atomic E-state index is -0.471. The molecule has 1 fully saturated rings. The lowest BCUT2D eigenvalue weighted by atomic mass is 9.93. The molecule has 6 heteroatoms. The van der Waals surface area contributed by atoms with E-state index in [4.69, 9.17) is 9.47 Å². The van der Waals surface area contributed by atoms with E-state index in [2.05, 4.69) is 26.2 Å². The van der Waals surface area contributed by atoms with Gasteiger partial charge in [0.05, 0.1) is 6.10 Å². The van der Waals surface area contributed by atoms with Crippen molar-refractivity contribution in [2.24, 2.45) is 0 Å². The van der Waals surface area contributed by atoms with Crippen molar-refractivity contribution in [3.8, 4) is 5.75 Å². The van der Waals surface area contributed by atoms with Gasteiger partial charge >= 0.3 is 6.09 Å². The predicted octanol–water partition coefficient (Wildman–Crippen LogP) is 5.21. The first-order chi connectivity index (χ1) is 12.3. The molecule has 1 amide bonds. The summed E-state index contributed by atoms with van der Waals surface area (Å²) in [5.41, 5.74) is -0.471. The molecule has 0 saturated heterocycles. The van der Waals surface area contributed by atoms with Crippen molar-refractivity contribution in [3.05, 3.63) is 35.1 Å². The Morgan fingerprint density at radius 2 is 1.92 bits per heavy atom. The highest BCUT2D eigenvalue weighted by Crippen LogP contribution is 2.34. The number of hydrogen-bond donors (Lipinski definition) is 1. The number of benzene rings is 1. The molecule has 1 aromatic heterocycles. The molecule has 1 aromatic carbocycles. The van der Waals surface area contributed by atoms with Gasteiger partial charge in [-0.05, 0) is 68.5 Å². The molecular formula is C20H25BrN2O3. The Labute approximate surface area is 162 Å². The van der Waals surface area contributed by atoms with E-state index >= 15 is 0 Å². The number of carbonyl (C=O) groups excluding carboxylic acids is 1. The highest BCUT2D eigenvalue weighted by molar-refractivity contribution is 9.10. The van der Waals surface area contributed by atoms with Gasteiger partial charge in [-0.1, -0.05) is 12.1 Å². The number of fused-ring (bicyclic) bond motifs is 1. The first-order valence-corrected chi connectivity index (χ1v) is 9.79. The molecule has 1 N–H and O–H groups in total. The van der Waals surface area contributed by atoms with Gasteiger partial charge in [0.2, 0.25) is 0 Å². The molecular weight excluding hydrogens is 396 g/mol. The van der Waals surface area contributed by atoms with Gasteiger partial charge in [-0.15, -0.1) is 0 Å². The van der Waals surface area contributed by atoms with Crippen molar-refractivity contribution >= 4 is 32.8 Å². The number of rotatable bonds is 3. The zero-order valence-corrected chi connectivity index (χ0v) is 17.0. The van der Waals surface area contributed by atoms with Crippen molar-refractivity contribution in [2.75, 3.05) is 0 Å². The summed E-state index contributed by atoms with van der Waals surface area (Å²) in [4.78, 5) is 16.1.